The van der Waals surface area contributed by atoms with Gasteiger partial charge < -0.3 is 14.8 Å². The van der Waals surface area contributed by atoms with E-state index in [1.165, 1.54) is 13.2 Å². The van der Waals surface area contributed by atoms with Crippen LogP contribution in [0.1, 0.15) is 30.5 Å². The van der Waals surface area contributed by atoms with Crippen molar-refractivity contribution in [1.82, 2.24) is 5.32 Å². The predicted molar refractivity (Wildman–Crippen MR) is 95.2 cm³/mol. The van der Waals surface area contributed by atoms with Crippen LogP contribution in [0.3, 0.4) is 0 Å². The van der Waals surface area contributed by atoms with Gasteiger partial charge in [-0.2, -0.15) is 0 Å². The molecule has 138 valence electrons. The van der Waals surface area contributed by atoms with Crippen LogP contribution in [0.2, 0.25) is 0 Å². The van der Waals surface area contributed by atoms with E-state index < -0.39 is 17.8 Å². The maximum Gasteiger partial charge on any atom is 0.308 e. The summed E-state index contributed by atoms with van der Waals surface area (Å²) in [7, 11) is 1.54. The first-order chi connectivity index (χ1) is 12.5. The van der Waals surface area contributed by atoms with Gasteiger partial charge in [0.2, 0.25) is 5.91 Å². The summed E-state index contributed by atoms with van der Waals surface area (Å²) in [5.74, 6) is -0.635. The maximum absolute atomic E-state index is 13.7. The van der Waals surface area contributed by atoms with Gasteiger partial charge in [0.25, 0.3) is 0 Å². The lowest BCUT2D eigenvalue weighted by Gasteiger charge is -2.19. The Morgan fingerprint density at radius 2 is 1.92 bits per heavy atom. The van der Waals surface area contributed by atoms with E-state index in [2.05, 4.69) is 5.32 Å². The number of carbonyl (C=O) groups excluding carboxylic acids is 2. The second-order valence-electron chi connectivity index (χ2n) is 5.67. The topological polar surface area (TPSA) is 64.6 Å². The third-order valence-corrected chi connectivity index (χ3v) is 3.82. The summed E-state index contributed by atoms with van der Waals surface area (Å²) in [5, 5.41) is 2.79. The van der Waals surface area contributed by atoms with Gasteiger partial charge in [-0.1, -0.05) is 30.3 Å². The quantitative estimate of drug-likeness (QED) is 0.735. The molecule has 1 atom stereocenters. The minimum absolute atomic E-state index is 0.0238. The number of hydrogen-bond donors (Lipinski definition) is 1. The van der Waals surface area contributed by atoms with Crippen LogP contribution in [-0.4, -0.2) is 25.6 Å². The summed E-state index contributed by atoms with van der Waals surface area (Å²) < 4.78 is 23.9. The van der Waals surface area contributed by atoms with Crippen molar-refractivity contribution in [2.45, 2.75) is 25.8 Å². The molecule has 0 bridgehead atoms. The van der Waals surface area contributed by atoms with Gasteiger partial charge in [0, 0.05) is 0 Å². The Morgan fingerprint density at radius 3 is 2.62 bits per heavy atom. The first kappa shape index (κ1) is 19.4. The molecule has 26 heavy (non-hydrogen) atoms. The summed E-state index contributed by atoms with van der Waals surface area (Å²) in [4.78, 5) is 24.3. The highest BCUT2D eigenvalue weighted by molar-refractivity contribution is 5.80. The fraction of sp³-hybridized carbons (Fsp3) is 0.300. The molecule has 0 heterocycles. The van der Waals surface area contributed by atoms with Gasteiger partial charge in [-0.15, -0.1) is 0 Å². The SMILES string of the molecule is CCOC(=O)CC(NC(=O)Cc1ccccc1F)c1cccc(OC)c1. The van der Waals surface area contributed by atoms with Gasteiger partial charge in [0.15, 0.2) is 0 Å². The zero-order chi connectivity index (χ0) is 18.9. The number of rotatable bonds is 8. The van der Waals surface area contributed by atoms with Gasteiger partial charge in [0.05, 0.1) is 32.6 Å². The number of halogens is 1. The molecule has 0 radical (unpaired) electrons. The van der Waals surface area contributed by atoms with Gasteiger partial charge >= 0.3 is 5.97 Å². The highest BCUT2D eigenvalue weighted by Crippen LogP contribution is 2.22. The van der Waals surface area contributed by atoms with E-state index in [4.69, 9.17) is 9.47 Å². The summed E-state index contributed by atoms with van der Waals surface area (Å²) in [6, 6.07) is 12.6. The Balaban J connectivity index is 2.16. The molecule has 2 rings (SSSR count). The fourth-order valence-corrected chi connectivity index (χ4v) is 2.56. The van der Waals surface area contributed by atoms with Crippen LogP contribution in [0.15, 0.2) is 48.5 Å². The molecule has 6 heteroatoms. The van der Waals surface area contributed by atoms with E-state index in [0.29, 0.717) is 16.9 Å². The number of amides is 1. The monoisotopic (exact) mass is 359 g/mol. The zero-order valence-corrected chi connectivity index (χ0v) is 14.8. The predicted octanol–water partition coefficient (Wildman–Crippen LogP) is 3.19. The third kappa shape index (κ3) is 5.58. The molecule has 0 saturated carbocycles. The van der Waals surface area contributed by atoms with Crippen LogP contribution in [0.25, 0.3) is 0 Å². The zero-order valence-electron chi connectivity index (χ0n) is 14.8. The molecule has 0 aromatic heterocycles. The summed E-state index contributed by atoms with van der Waals surface area (Å²) in [5.41, 5.74) is 1.00. The normalized spacial score (nSPS) is 11.5. The van der Waals surface area contributed by atoms with Crippen molar-refractivity contribution in [3.8, 4) is 5.75 Å². The molecule has 1 unspecified atom stereocenters. The number of hydrogen-bond acceptors (Lipinski definition) is 4. The van der Waals surface area contributed by atoms with Crippen molar-refractivity contribution in [3.05, 3.63) is 65.5 Å². The standard InChI is InChI=1S/C20H22FNO4/c1-3-26-20(24)13-18(15-8-6-9-16(11-15)25-2)22-19(23)12-14-7-4-5-10-17(14)21/h4-11,18H,3,12-13H2,1-2H3,(H,22,23). The average Bonchev–Trinajstić information content (AvgIpc) is 2.63. The van der Waals surface area contributed by atoms with E-state index >= 15 is 0 Å². The Kier molecular flexibility index (Phi) is 7.14. The van der Waals surface area contributed by atoms with Crippen LogP contribution in [0.4, 0.5) is 4.39 Å². The largest absolute Gasteiger partial charge is 0.497 e. The number of carbonyl (C=O) groups is 2. The minimum Gasteiger partial charge on any atom is -0.497 e. The summed E-state index contributed by atoms with van der Waals surface area (Å²) in [6.45, 7) is 1.97. The lowest BCUT2D eigenvalue weighted by molar-refractivity contribution is -0.143. The Morgan fingerprint density at radius 1 is 1.15 bits per heavy atom. The van der Waals surface area contributed by atoms with Gasteiger partial charge in [0.1, 0.15) is 11.6 Å². The first-order valence-corrected chi connectivity index (χ1v) is 8.35. The minimum atomic E-state index is -0.594. The molecule has 2 aromatic rings. The molecule has 0 fully saturated rings. The average molecular weight is 359 g/mol. The van der Waals surface area contributed by atoms with E-state index in [1.807, 2.05) is 0 Å². The van der Waals surface area contributed by atoms with Crippen LogP contribution < -0.4 is 10.1 Å². The van der Waals surface area contributed by atoms with Crippen molar-refractivity contribution in [2.75, 3.05) is 13.7 Å². The molecule has 0 saturated heterocycles. The molecule has 0 aliphatic carbocycles. The van der Waals surface area contributed by atoms with Crippen LogP contribution in [0.5, 0.6) is 5.75 Å². The van der Waals surface area contributed by atoms with Crippen molar-refractivity contribution < 1.29 is 23.5 Å². The second kappa shape index (κ2) is 9.56. The molecule has 5 nitrogen and oxygen atoms in total. The van der Waals surface area contributed by atoms with E-state index in [1.54, 1.807) is 49.4 Å². The molecule has 0 aliphatic rings. The second-order valence-corrected chi connectivity index (χ2v) is 5.67. The van der Waals surface area contributed by atoms with Crippen molar-refractivity contribution in [2.24, 2.45) is 0 Å². The molecule has 2 aromatic carbocycles. The number of nitrogens with one attached hydrogen (secondary N) is 1. The van der Waals surface area contributed by atoms with Crippen LogP contribution in [0, 0.1) is 5.82 Å². The van der Waals surface area contributed by atoms with Gasteiger partial charge in [-0.25, -0.2) is 4.39 Å². The molecule has 0 aliphatic heterocycles. The van der Waals surface area contributed by atoms with Gasteiger partial charge in [-0.05, 0) is 36.2 Å². The third-order valence-electron chi connectivity index (χ3n) is 3.82. The van der Waals surface area contributed by atoms with Crippen molar-refractivity contribution in [1.29, 1.82) is 0 Å². The number of benzene rings is 2. The highest BCUT2D eigenvalue weighted by atomic mass is 19.1. The number of ether oxygens (including phenoxy) is 2. The summed E-state index contributed by atoms with van der Waals surface area (Å²) >= 11 is 0. The molecular formula is C20H22FNO4. The van der Waals surface area contributed by atoms with Crippen LogP contribution in [-0.2, 0) is 20.7 Å². The molecule has 0 spiro atoms. The van der Waals surface area contributed by atoms with E-state index in [9.17, 15) is 14.0 Å². The van der Waals surface area contributed by atoms with Crippen molar-refractivity contribution in [3.63, 3.8) is 0 Å². The fourth-order valence-electron chi connectivity index (χ4n) is 2.56. The highest BCUT2D eigenvalue weighted by Gasteiger charge is 2.20. The smallest absolute Gasteiger partial charge is 0.308 e. The Labute approximate surface area is 152 Å². The number of methoxy groups -OCH3 is 1. The summed E-state index contributed by atoms with van der Waals surface area (Å²) in [6.07, 6.45) is -0.139. The first-order valence-electron chi connectivity index (χ1n) is 8.35. The molecule has 1 amide bonds. The molecular weight excluding hydrogens is 337 g/mol. The van der Waals surface area contributed by atoms with Crippen LogP contribution >= 0.6 is 0 Å². The van der Waals surface area contributed by atoms with Crippen molar-refractivity contribution >= 4 is 11.9 Å². The van der Waals surface area contributed by atoms with Gasteiger partial charge in [-0.3, -0.25) is 9.59 Å². The van der Waals surface area contributed by atoms with E-state index in [-0.39, 0.29) is 25.4 Å². The molecule has 1 N–H and O–H groups in total. The maximum atomic E-state index is 13.7. The lowest BCUT2D eigenvalue weighted by atomic mass is 10.0. The lowest BCUT2D eigenvalue weighted by Crippen LogP contribution is -2.32. The Hall–Kier alpha value is -2.89. The Bertz CT molecular complexity index is 763. The van der Waals surface area contributed by atoms with E-state index in [0.717, 1.165) is 0 Å². The number of esters is 1.